The van der Waals surface area contributed by atoms with E-state index >= 15 is 0 Å². The van der Waals surface area contributed by atoms with Crippen LogP contribution in [0, 0.1) is 0 Å². The van der Waals surface area contributed by atoms with Crippen LogP contribution in [0.2, 0.25) is 0 Å². The van der Waals surface area contributed by atoms with E-state index in [0.717, 1.165) is 32.8 Å². The van der Waals surface area contributed by atoms with Crippen LogP contribution in [-0.2, 0) is 0 Å². The number of hydrogen-bond donors (Lipinski definition) is 0. The molecule has 8 aromatic carbocycles. The summed E-state index contributed by atoms with van der Waals surface area (Å²) in [5.41, 5.74) is 5.30. The normalized spacial score (nSPS) is 11.5. The third kappa shape index (κ3) is 4.41. The van der Waals surface area contributed by atoms with Crippen molar-refractivity contribution in [3.63, 3.8) is 0 Å². The lowest BCUT2D eigenvalue weighted by atomic mass is 9.90. The predicted octanol–water partition coefficient (Wildman–Crippen LogP) is 11.2. The van der Waals surface area contributed by atoms with Gasteiger partial charge >= 0.3 is 0 Å². The second-order valence-electron chi connectivity index (χ2n) is 11.6. The van der Waals surface area contributed by atoms with Crippen molar-refractivity contribution < 1.29 is 0 Å². The molecule has 0 aliphatic carbocycles. The molecule has 3 nitrogen and oxygen atoms in total. The molecule has 0 spiro atoms. The predicted molar refractivity (Wildman–Crippen MR) is 192 cm³/mol. The Labute approximate surface area is 266 Å². The zero-order valence-electron chi connectivity index (χ0n) is 24.9. The molecule has 46 heavy (non-hydrogen) atoms. The Morgan fingerprint density at radius 1 is 0.283 bits per heavy atom. The molecule has 3 heteroatoms. The van der Waals surface area contributed by atoms with Crippen LogP contribution in [0.4, 0.5) is 0 Å². The number of rotatable bonds is 4. The number of benzene rings is 8. The van der Waals surface area contributed by atoms with Gasteiger partial charge in [0.05, 0.1) is 0 Å². The maximum Gasteiger partial charge on any atom is 0.164 e. The van der Waals surface area contributed by atoms with Crippen molar-refractivity contribution in [2.45, 2.75) is 0 Å². The van der Waals surface area contributed by atoms with E-state index in [0.29, 0.717) is 17.5 Å². The van der Waals surface area contributed by atoms with Gasteiger partial charge in [0, 0.05) is 16.7 Å². The summed E-state index contributed by atoms with van der Waals surface area (Å²) in [7, 11) is 0. The van der Waals surface area contributed by atoms with E-state index < -0.39 is 0 Å². The Hall–Kier alpha value is -6.19. The molecule has 1 aromatic heterocycles. The lowest BCUT2D eigenvalue weighted by molar-refractivity contribution is 1.08. The monoisotopic (exact) mass is 585 g/mol. The lowest BCUT2D eigenvalue weighted by Crippen LogP contribution is -2.01. The summed E-state index contributed by atoms with van der Waals surface area (Å²) in [5.74, 6) is 1.97. The minimum atomic E-state index is 0.655. The zero-order valence-corrected chi connectivity index (χ0v) is 24.9. The first kappa shape index (κ1) is 26.2. The molecular weight excluding hydrogens is 558 g/mol. The Kier molecular flexibility index (Phi) is 6.14. The van der Waals surface area contributed by atoms with Gasteiger partial charge < -0.3 is 0 Å². The second kappa shape index (κ2) is 10.8. The highest BCUT2D eigenvalue weighted by Crippen LogP contribution is 2.40. The average molecular weight is 586 g/mol. The van der Waals surface area contributed by atoms with Crippen molar-refractivity contribution in [1.29, 1.82) is 0 Å². The molecule has 9 rings (SSSR count). The SMILES string of the molecule is c1ccc(-c2nc(-c3ccc4ccccc4c3)nc(-c3ccc(-c4cccc5ccc6ccccc6c45)c4ccccc34)n2)cc1. The van der Waals surface area contributed by atoms with Gasteiger partial charge in [0.2, 0.25) is 0 Å². The second-order valence-corrected chi connectivity index (χ2v) is 11.6. The van der Waals surface area contributed by atoms with Crippen molar-refractivity contribution >= 4 is 43.1 Å². The molecule has 214 valence electrons. The number of hydrogen-bond acceptors (Lipinski definition) is 3. The topological polar surface area (TPSA) is 38.7 Å². The number of aromatic nitrogens is 3. The van der Waals surface area contributed by atoms with E-state index in [1.165, 1.54) is 38.1 Å². The van der Waals surface area contributed by atoms with Crippen LogP contribution >= 0.6 is 0 Å². The summed E-state index contributed by atoms with van der Waals surface area (Å²) in [6, 6.07) is 57.6. The average Bonchev–Trinajstić information content (AvgIpc) is 3.14. The van der Waals surface area contributed by atoms with Gasteiger partial charge in [-0.3, -0.25) is 0 Å². The van der Waals surface area contributed by atoms with Gasteiger partial charge in [-0.1, -0.05) is 152 Å². The van der Waals surface area contributed by atoms with E-state index in [-0.39, 0.29) is 0 Å². The van der Waals surface area contributed by atoms with Crippen molar-refractivity contribution in [1.82, 2.24) is 15.0 Å². The number of fused-ring (bicyclic) bond motifs is 5. The highest BCUT2D eigenvalue weighted by atomic mass is 15.0. The summed E-state index contributed by atoms with van der Waals surface area (Å²) in [6.07, 6.45) is 0. The van der Waals surface area contributed by atoms with E-state index in [4.69, 9.17) is 15.0 Å². The quantitative estimate of drug-likeness (QED) is 0.193. The summed E-state index contributed by atoms with van der Waals surface area (Å²) in [5, 5.41) is 9.60. The van der Waals surface area contributed by atoms with Crippen LogP contribution in [-0.4, -0.2) is 15.0 Å². The Balaban J connectivity index is 1.28. The van der Waals surface area contributed by atoms with E-state index in [9.17, 15) is 0 Å². The minimum absolute atomic E-state index is 0.655. The molecule has 0 radical (unpaired) electrons. The van der Waals surface area contributed by atoms with Gasteiger partial charge in [-0.2, -0.15) is 0 Å². The molecule has 0 fully saturated rings. The van der Waals surface area contributed by atoms with E-state index in [1.54, 1.807) is 0 Å². The van der Waals surface area contributed by atoms with Crippen molar-refractivity contribution in [3.8, 4) is 45.3 Å². The summed E-state index contributed by atoms with van der Waals surface area (Å²) >= 11 is 0. The van der Waals surface area contributed by atoms with Gasteiger partial charge in [0.15, 0.2) is 17.5 Å². The fraction of sp³-hybridized carbons (Fsp3) is 0. The van der Waals surface area contributed by atoms with Gasteiger partial charge in [0.25, 0.3) is 0 Å². The van der Waals surface area contributed by atoms with Gasteiger partial charge in [-0.05, 0) is 66.3 Å². The van der Waals surface area contributed by atoms with Crippen LogP contribution in [0.1, 0.15) is 0 Å². The maximum atomic E-state index is 5.13. The molecule has 1 heterocycles. The van der Waals surface area contributed by atoms with Crippen LogP contribution < -0.4 is 0 Å². The van der Waals surface area contributed by atoms with Gasteiger partial charge in [-0.15, -0.1) is 0 Å². The van der Waals surface area contributed by atoms with Crippen molar-refractivity contribution in [2.24, 2.45) is 0 Å². The summed E-state index contributed by atoms with van der Waals surface area (Å²) < 4.78 is 0. The van der Waals surface area contributed by atoms with E-state index in [1.807, 2.05) is 18.2 Å². The molecular formula is C43H27N3. The smallest absolute Gasteiger partial charge is 0.164 e. The molecule has 0 saturated heterocycles. The minimum Gasteiger partial charge on any atom is -0.208 e. The standard InChI is InChI=1S/C43H27N3/c1-2-13-31(14-3-1)41-44-42(33-24-21-28-11-4-5-15-32(28)27-33)46-43(45-41)39-26-25-37(35-18-8-9-19-36(35)39)38-20-10-16-30-23-22-29-12-6-7-17-34(29)40(30)38/h1-27H. The molecule has 9 aromatic rings. The molecule has 0 unspecified atom stereocenters. The maximum absolute atomic E-state index is 5.13. The summed E-state index contributed by atoms with van der Waals surface area (Å²) in [4.78, 5) is 15.2. The summed E-state index contributed by atoms with van der Waals surface area (Å²) in [6.45, 7) is 0. The first-order valence-electron chi connectivity index (χ1n) is 15.5. The Morgan fingerprint density at radius 2 is 0.848 bits per heavy atom. The van der Waals surface area contributed by atoms with Gasteiger partial charge in [0.1, 0.15) is 0 Å². The highest BCUT2D eigenvalue weighted by molar-refractivity contribution is 6.17. The molecule has 0 amide bonds. The largest absolute Gasteiger partial charge is 0.208 e. The van der Waals surface area contributed by atoms with Crippen LogP contribution in [0.3, 0.4) is 0 Å². The fourth-order valence-electron chi connectivity index (χ4n) is 6.68. The fourth-order valence-corrected chi connectivity index (χ4v) is 6.68. The van der Waals surface area contributed by atoms with Crippen LogP contribution in [0.25, 0.3) is 88.4 Å². The van der Waals surface area contributed by atoms with Crippen molar-refractivity contribution in [2.75, 3.05) is 0 Å². The Morgan fingerprint density at radius 3 is 1.67 bits per heavy atom. The molecule has 0 saturated carbocycles. The van der Waals surface area contributed by atoms with E-state index in [2.05, 4.69) is 146 Å². The first-order chi connectivity index (χ1) is 22.8. The Bertz CT molecular complexity index is 2590. The molecule has 0 aliphatic rings. The van der Waals surface area contributed by atoms with Crippen LogP contribution in [0.5, 0.6) is 0 Å². The van der Waals surface area contributed by atoms with Crippen LogP contribution in [0.15, 0.2) is 164 Å². The first-order valence-corrected chi connectivity index (χ1v) is 15.5. The van der Waals surface area contributed by atoms with Gasteiger partial charge in [-0.25, -0.2) is 15.0 Å². The molecule has 0 atom stereocenters. The zero-order chi connectivity index (χ0) is 30.5. The third-order valence-electron chi connectivity index (χ3n) is 8.90. The van der Waals surface area contributed by atoms with Crippen molar-refractivity contribution in [3.05, 3.63) is 164 Å². The molecule has 0 aliphatic heterocycles. The molecule has 0 N–H and O–H groups in total. The highest BCUT2D eigenvalue weighted by Gasteiger charge is 2.17. The lowest BCUT2D eigenvalue weighted by Gasteiger charge is -2.15. The third-order valence-corrected chi connectivity index (χ3v) is 8.90. The molecule has 0 bridgehead atoms. The number of nitrogens with zero attached hydrogens (tertiary/aromatic N) is 3.